The van der Waals surface area contributed by atoms with E-state index in [2.05, 4.69) is 4.74 Å². The van der Waals surface area contributed by atoms with E-state index in [4.69, 9.17) is 5.73 Å². The highest BCUT2D eigenvalue weighted by Crippen LogP contribution is 2.41. The smallest absolute Gasteiger partial charge is 0.477 e. The molecular weight excluding hydrogens is 614 g/mol. The predicted octanol–water partition coefficient (Wildman–Crippen LogP) is 1.42. The number of rotatable bonds is 6. The molecule has 2 aromatic rings. The number of nitrogens with zero attached hydrogens (tertiary/aromatic N) is 4. The number of pyridine rings is 1. The summed E-state index contributed by atoms with van der Waals surface area (Å²) in [6.07, 6.45) is -2.52. The zero-order valence-corrected chi connectivity index (χ0v) is 23.6. The standard InChI is InChI=1S/C27H25F4N5O7S/c28-16-7-14-17(35(13-1-2-13)10-15(21(14)37)24(39)40)8-18(16)34-5-3-33(4-6-34)9-12-11-44-23-19(32)22(38)36(23)20(12)25(41)43-26(42)27(29,30)31/h7-8,10,13,19,23H,1-6,9,11,32H2,(H,39,40)/t19?,23-/m1/s1. The van der Waals surface area contributed by atoms with Gasteiger partial charge in [0.2, 0.25) is 11.3 Å². The number of esters is 2. The van der Waals surface area contributed by atoms with E-state index in [0.29, 0.717) is 37.3 Å². The van der Waals surface area contributed by atoms with Crippen molar-refractivity contribution >= 4 is 52.2 Å². The minimum Gasteiger partial charge on any atom is -0.477 e. The van der Waals surface area contributed by atoms with E-state index in [1.165, 1.54) is 24.0 Å². The molecule has 4 heterocycles. The number of nitrogens with two attached hydrogens (primary N) is 1. The Morgan fingerprint density at radius 2 is 1.77 bits per heavy atom. The van der Waals surface area contributed by atoms with Gasteiger partial charge in [-0.05, 0) is 30.5 Å². The van der Waals surface area contributed by atoms with E-state index in [1.807, 2.05) is 4.90 Å². The molecule has 4 aliphatic rings. The second kappa shape index (κ2) is 10.9. The van der Waals surface area contributed by atoms with Gasteiger partial charge in [-0.3, -0.25) is 19.4 Å². The third kappa shape index (κ3) is 5.21. The van der Waals surface area contributed by atoms with Crippen molar-refractivity contribution in [1.29, 1.82) is 0 Å². The molecule has 0 spiro atoms. The lowest BCUT2D eigenvalue weighted by atomic mass is 10.0. The second-order valence-corrected chi connectivity index (χ2v) is 12.1. The van der Waals surface area contributed by atoms with E-state index in [1.54, 1.807) is 9.47 Å². The summed E-state index contributed by atoms with van der Waals surface area (Å²) in [5, 5.41) is 8.75. The van der Waals surface area contributed by atoms with Crippen molar-refractivity contribution in [3.05, 3.63) is 51.2 Å². The SMILES string of the molecule is NC1C(=O)N2C(C(=O)OC(=O)C(F)(F)F)=C(CN3CCN(c4cc5c(cc4F)c(=O)c(C(=O)O)cn5C4CC4)CC3)CS[C@H]12. The average Bonchev–Trinajstić information content (AvgIpc) is 3.82. The summed E-state index contributed by atoms with van der Waals surface area (Å²) in [4.78, 5) is 65.5. The molecular formula is C27H25F4N5O7S. The number of anilines is 1. The van der Waals surface area contributed by atoms with Crippen molar-refractivity contribution in [2.24, 2.45) is 5.73 Å². The number of benzene rings is 1. The highest BCUT2D eigenvalue weighted by atomic mass is 32.2. The number of aromatic nitrogens is 1. The van der Waals surface area contributed by atoms with Gasteiger partial charge in [-0.2, -0.15) is 13.2 Å². The molecule has 0 radical (unpaired) electrons. The Hall–Kier alpha value is -3.96. The Kier molecular flexibility index (Phi) is 7.44. The van der Waals surface area contributed by atoms with E-state index >= 15 is 4.39 Å². The fraction of sp³-hybridized carbons (Fsp3) is 0.444. The molecule has 1 unspecified atom stereocenters. The Balaban J connectivity index is 1.22. The number of carbonyl (C=O) groups is 4. The Labute approximate surface area is 250 Å². The van der Waals surface area contributed by atoms with Crippen molar-refractivity contribution in [1.82, 2.24) is 14.4 Å². The van der Waals surface area contributed by atoms with Crippen LogP contribution in [0.2, 0.25) is 0 Å². The molecule has 1 amide bonds. The van der Waals surface area contributed by atoms with E-state index in [9.17, 15) is 42.3 Å². The summed E-state index contributed by atoms with van der Waals surface area (Å²) in [6, 6.07) is 1.65. The molecule has 2 atom stereocenters. The number of carbonyl (C=O) groups excluding carboxylic acids is 3. The minimum atomic E-state index is -5.41. The molecule has 0 bridgehead atoms. The molecule has 1 aliphatic carbocycles. The first-order valence-corrected chi connectivity index (χ1v) is 14.7. The van der Waals surface area contributed by atoms with Gasteiger partial charge in [-0.15, -0.1) is 11.8 Å². The lowest BCUT2D eigenvalue weighted by molar-refractivity contribution is -0.201. The Morgan fingerprint density at radius 3 is 2.39 bits per heavy atom. The van der Waals surface area contributed by atoms with Gasteiger partial charge in [0.05, 0.1) is 11.2 Å². The number of hydrogen-bond donors (Lipinski definition) is 2. The van der Waals surface area contributed by atoms with E-state index in [0.717, 1.165) is 23.8 Å². The highest BCUT2D eigenvalue weighted by molar-refractivity contribution is 8.00. The molecule has 3 N–H and O–H groups in total. The van der Waals surface area contributed by atoms with Crippen LogP contribution in [0.3, 0.4) is 0 Å². The molecule has 1 aromatic carbocycles. The van der Waals surface area contributed by atoms with Crippen LogP contribution in [0.1, 0.15) is 29.2 Å². The van der Waals surface area contributed by atoms with Crippen LogP contribution in [-0.2, 0) is 19.1 Å². The number of piperazine rings is 1. The largest absolute Gasteiger partial charge is 0.491 e. The highest BCUT2D eigenvalue weighted by Gasteiger charge is 2.53. The molecule has 17 heteroatoms. The van der Waals surface area contributed by atoms with Crippen molar-refractivity contribution in [2.45, 2.75) is 36.5 Å². The van der Waals surface area contributed by atoms with Gasteiger partial charge in [0.15, 0.2) is 0 Å². The third-order valence-electron chi connectivity index (χ3n) is 8.10. The van der Waals surface area contributed by atoms with Gasteiger partial charge < -0.3 is 25.0 Å². The number of fused-ring (bicyclic) bond motifs is 2. The van der Waals surface area contributed by atoms with E-state index < -0.39 is 63.9 Å². The van der Waals surface area contributed by atoms with Crippen molar-refractivity contribution in [3.8, 4) is 0 Å². The number of β-lactam (4-membered cyclic amide) rings is 1. The van der Waals surface area contributed by atoms with Crippen LogP contribution < -0.4 is 16.1 Å². The van der Waals surface area contributed by atoms with Crippen LogP contribution in [0.4, 0.5) is 23.2 Å². The number of amides is 1. The fourth-order valence-corrected chi connectivity index (χ4v) is 6.99. The number of thioether (sulfide) groups is 1. The number of halogens is 4. The lowest BCUT2D eigenvalue weighted by Gasteiger charge is -2.48. The van der Waals surface area contributed by atoms with Crippen LogP contribution in [-0.4, -0.2) is 99.4 Å². The number of carboxylic acids is 1. The predicted molar refractivity (Wildman–Crippen MR) is 147 cm³/mol. The Bertz CT molecular complexity index is 1700. The number of aromatic carboxylic acids is 1. The number of alkyl halides is 3. The molecule has 6 rings (SSSR count). The fourth-order valence-electron chi connectivity index (χ4n) is 5.71. The molecule has 3 aliphatic heterocycles. The summed E-state index contributed by atoms with van der Waals surface area (Å²) in [7, 11) is 0. The van der Waals surface area contributed by atoms with Crippen LogP contribution in [0.15, 0.2) is 34.4 Å². The maximum Gasteiger partial charge on any atom is 0.491 e. The van der Waals surface area contributed by atoms with Crippen molar-refractivity contribution in [2.75, 3.05) is 43.4 Å². The molecule has 1 saturated carbocycles. The minimum absolute atomic E-state index is 0.00717. The normalized spacial score (nSPS) is 22.6. The van der Waals surface area contributed by atoms with Crippen molar-refractivity contribution in [3.63, 3.8) is 0 Å². The quantitative estimate of drug-likeness (QED) is 0.204. The number of ether oxygens (including phenoxy) is 1. The van der Waals surface area contributed by atoms with Crippen LogP contribution in [0, 0.1) is 5.82 Å². The van der Waals surface area contributed by atoms with Crippen LogP contribution in [0.5, 0.6) is 0 Å². The number of carboxylic acid groups (broad SMARTS) is 1. The molecule has 2 saturated heterocycles. The first-order valence-electron chi connectivity index (χ1n) is 13.6. The summed E-state index contributed by atoms with van der Waals surface area (Å²) < 4.78 is 59.4. The zero-order chi connectivity index (χ0) is 31.7. The number of hydrogen-bond acceptors (Lipinski definition) is 10. The molecule has 44 heavy (non-hydrogen) atoms. The third-order valence-corrected chi connectivity index (χ3v) is 9.46. The zero-order valence-electron chi connectivity index (χ0n) is 22.8. The second-order valence-electron chi connectivity index (χ2n) is 11.0. The monoisotopic (exact) mass is 639 g/mol. The summed E-state index contributed by atoms with van der Waals surface area (Å²) in [5.41, 5.74) is 5.10. The summed E-state index contributed by atoms with van der Waals surface area (Å²) in [5.74, 6) is -6.89. The first-order chi connectivity index (χ1) is 20.8. The maximum atomic E-state index is 15.4. The van der Waals surface area contributed by atoms with E-state index in [-0.39, 0.29) is 29.4 Å². The molecule has 3 fully saturated rings. The molecule has 12 nitrogen and oxygen atoms in total. The van der Waals surface area contributed by atoms with Crippen LogP contribution in [0.25, 0.3) is 10.9 Å². The summed E-state index contributed by atoms with van der Waals surface area (Å²) in [6.45, 7) is 1.33. The topological polar surface area (TPSA) is 155 Å². The Morgan fingerprint density at radius 1 is 1.09 bits per heavy atom. The lowest BCUT2D eigenvalue weighted by Crippen LogP contribution is -2.68. The molecule has 234 valence electrons. The van der Waals surface area contributed by atoms with Gasteiger partial charge in [-0.25, -0.2) is 18.8 Å². The summed E-state index contributed by atoms with van der Waals surface area (Å²) >= 11 is 1.24. The first kappa shape index (κ1) is 30.1. The van der Waals surface area contributed by atoms with Crippen LogP contribution >= 0.6 is 11.8 Å². The van der Waals surface area contributed by atoms with Gasteiger partial charge in [0.25, 0.3) is 0 Å². The van der Waals surface area contributed by atoms with Gasteiger partial charge in [0, 0.05) is 56.1 Å². The van der Waals surface area contributed by atoms with Gasteiger partial charge >= 0.3 is 24.1 Å². The average molecular weight is 640 g/mol. The van der Waals surface area contributed by atoms with Gasteiger partial charge in [-0.1, -0.05) is 0 Å². The molecule has 1 aromatic heterocycles. The maximum absolute atomic E-state index is 15.4. The van der Waals surface area contributed by atoms with Crippen molar-refractivity contribution < 1.29 is 46.6 Å². The van der Waals surface area contributed by atoms with Gasteiger partial charge in [0.1, 0.15) is 28.5 Å².